The van der Waals surface area contributed by atoms with Gasteiger partial charge in [0.15, 0.2) is 0 Å². The van der Waals surface area contributed by atoms with E-state index < -0.39 is 6.85 Å². The Balaban J connectivity index is 0.000000193. The van der Waals surface area contributed by atoms with E-state index in [4.69, 9.17) is 25.1 Å². The number of furan rings is 1. The molecule has 3 aromatic heterocycles. The fraction of sp³-hybridized carbons (Fsp3) is 0.210. The second-order valence-corrected chi connectivity index (χ2v) is 18.4. The van der Waals surface area contributed by atoms with Gasteiger partial charge in [0, 0.05) is 52.6 Å². The van der Waals surface area contributed by atoms with Crippen LogP contribution in [0.5, 0.6) is 0 Å². The summed E-state index contributed by atoms with van der Waals surface area (Å²) >= 11 is 0. The van der Waals surface area contributed by atoms with Crippen LogP contribution >= 0.6 is 0 Å². The molecule has 10 rings (SSSR count). The van der Waals surface area contributed by atoms with Gasteiger partial charge in [0.1, 0.15) is 11.3 Å². The first-order valence-electron chi connectivity index (χ1n) is 24.7. The van der Waals surface area contributed by atoms with Crippen LogP contribution < -0.4 is 0 Å². The zero-order valence-electron chi connectivity index (χ0n) is 42.8. The van der Waals surface area contributed by atoms with E-state index in [0.717, 1.165) is 66.8 Å². The molecule has 3 heterocycles. The predicted molar refractivity (Wildman–Crippen MR) is 279 cm³/mol. The number of aryl methyl sites for hydroxylation is 1. The molecule has 0 fully saturated rings. The van der Waals surface area contributed by atoms with Gasteiger partial charge < -0.3 is 14.0 Å². The van der Waals surface area contributed by atoms with E-state index in [1.807, 2.05) is 60.8 Å². The standard InChI is InChI=1S/C36H29N2O.C26H27N2.Ir/c1-22(2)27-13-9-14-28(23(3)4)34(27)25-17-18-38-33(19-25)32-21-26(37-5)20-31-30-16-10-15-29(35(30)39-36(31)32)24-11-7-6-8-12-24;1-17(2)21-9-8-10-22(18(3)4)25(21)28-24-12-7-6-11-23(24)27-26(28)20-15-13-19(5)14-16-20;/h6-20,22-23H,1-4H3;6-15,17-18H,1-5H3;/q2*-1;/i;5D3;. The average Bonchev–Trinajstić information content (AvgIpc) is 3.95. The number of hydrogen-bond acceptors (Lipinski definition) is 3. The van der Waals surface area contributed by atoms with Crippen LogP contribution in [-0.4, -0.2) is 14.5 Å². The summed E-state index contributed by atoms with van der Waals surface area (Å²) < 4.78 is 31.8. The summed E-state index contributed by atoms with van der Waals surface area (Å²) in [5, 5.41) is 1.88. The van der Waals surface area contributed by atoms with Crippen molar-refractivity contribution < 1.29 is 28.6 Å². The number of nitrogens with zero attached hydrogens (tertiary/aromatic N) is 4. The summed E-state index contributed by atoms with van der Waals surface area (Å²) in [6.07, 6.45) is 1.86. The molecule has 0 saturated carbocycles. The molecule has 0 spiro atoms. The van der Waals surface area contributed by atoms with Crippen LogP contribution in [0.25, 0.3) is 88.4 Å². The first-order valence-corrected chi connectivity index (χ1v) is 23.2. The summed E-state index contributed by atoms with van der Waals surface area (Å²) in [5.74, 6) is 2.21. The first-order chi connectivity index (χ1) is 33.6. The molecule has 6 heteroatoms. The SMILES string of the molecule is [2H]C([2H])([2H])c1c[c-]c(-c2nc3ccccc3n2-c2c(C(C)C)cccc2C(C)C)cc1.[C-]#[N+]c1[c-]c(-c2cc(-c3c(C(C)C)cccc3C(C)C)ccn2)c2oc3c(-c4ccccc4)cccc3c2c1.[Ir]. The minimum atomic E-state index is -2.15. The first kappa shape index (κ1) is 43.7. The second-order valence-electron chi connectivity index (χ2n) is 18.4. The number of aromatic nitrogens is 3. The molecular formula is C62H56IrN4O-2. The van der Waals surface area contributed by atoms with E-state index in [2.05, 4.69) is 156 Å². The van der Waals surface area contributed by atoms with Gasteiger partial charge in [-0.1, -0.05) is 176 Å². The average molecular weight is 1070 g/mol. The molecule has 0 unspecified atom stereocenters. The van der Waals surface area contributed by atoms with E-state index in [9.17, 15) is 0 Å². The van der Waals surface area contributed by atoms with Crippen molar-refractivity contribution in [3.05, 3.63) is 203 Å². The molecule has 1 radical (unpaired) electrons. The normalized spacial score (nSPS) is 12.2. The molecule has 5 nitrogen and oxygen atoms in total. The largest absolute Gasteiger partial charge is 0.500 e. The molecule has 0 amide bonds. The van der Waals surface area contributed by atoms with E-state index in [1.54, 1.807) is 12.1 Å². The summed E-state index contributed by atoms with van der Waals surface area (Å²) in [6, 6.07) is 55.3. The van der Waals surface area contributed by atoms with E-state index in [0.29, 0.717) is 40.5 Å². The van der Waals surface area contributed by atoms with E-state index >= 15 is 0 Å². The Morgan fingerprint density at radius 2 is 1.29 bits per heavy atom. The second kappa shape index (κ2) is 20.1. The van der Waals surface area contributed by atoms with Gasteiger partial charge >= 0.3 is 0 Å². The topological polar surface area (TPSA) is 48.2 Å². The Bertz CT molecular complexity index is 3510. The van der Waals surface area contributed by atoms with Crippen molar-refractivity contribution in [3.8, 4) is 50.6 Å². The Hall–Kier alpha value is -6.90. The van der Waals surface area contributed by atoms with Crippen LogP contribution in [0.3, 0.4) is 0 Å². The van der Waals surface area contributed by atoms with Gasteiger partial charge in [-0.2, -0.15) is 0 Å². The summed E-state index contributed by atoms with van der Waals surface area (Å²) in [6.45, 7) is 23.4. The van der Waals surface area contributed by atoms with Crippen LogP contribution in [0.15, 0.2) is 156 Å². The molecule has 7 aromatic carbocycles. The van der Waals surface area contributed by atoms with E-state index in [-0.39, 0.29) is 25.7 Å². The summed E-state index contributed by atoms with van der Waals surface area (Å²) in [7, 11) is 0. The van der Waals surface area contributed by atoms with Gasteiger partial charge in [-0.05, 0) is 86.5 Å². The maximum Gasteiger partial charge on any atom is 0.128 e. The molecule has 0 N–H and O–H groups in total. The monoisotopic (exact) mass is 1070 g/mol. The zero-order valence-corrected chi connectivity index (χ0v) is 42.2. The smallest absolute Gasteiger partial charge is 0.128 e. The Morgan fingerprint density at radius 1 is 0.647 bits per heavy atom. The number of rotatable bonds is 9. The minimum Gasteiger partial charge on any atom is -0.500 e. The van der Waals surface area contributed by atoms with Gasteiger partial charge in [0.2, 0.25) is 0 Å². The molecule has 0 bridgehead atoms. The third-order valence-electron chi connectivity index (χ3n) is 12.6. The molecule has 0 aliphatic heterocycles. The zero-order chi connectivity index (χ0) is 49.4. The van der Waals surface area contributed by atoms with Gasteiger partial charge in [-0.25, -0.2) is 0 Å². The molecule has 0 saturated heterocycles. The van der Waals surface area contributed by atoms with Crippen LogP contribution in [0, 0.1) is 25.6 Å². The number of para-hydroxylation sites is 4. The van der Waals surface area contributed by atoms with Crippen molar-refractivity contribution in [2.45, 2.75) is 85.9 Å². The number of fused-ring (bicyclic) bond motifs is 4. The van der Waals surface area contributed by atoms with Gasteiger partial charge in [-0.3, -0.25) is 9.83 Å². The minimum absolute atomic E-state index is 0. The summed E-state index contributed by atoms with van der Waals surface area (Å²) in [4.78, 5) is 13.5. The molecule has 68 heavy (non-hydrogen) atoms. The molecule has 0 aliphatic rings. The van der Waals surface area contributed by atoms with Crippen molar-refractivity contribution in [2.24, 2.45) is 0 Å². The quantitative estimate of drug-likeness (QED) is 0.135. The van der Waals surface area contributed by atoms with Crippen LogP contribution in [0.2, 0.25) is 0 Å². The maximum absolute atomic E-state index is 7.79. The molecule has 341 valence electrons. The van der Waals surface area contributed by atoms with Crippen molar-refractivity contribution in [2.75, 3.05) is 0 Å². The van der Waals surface area contributed by atoms with Crippen LogP contribution in [-0.2, 0) is 20.1 Å². The molecular weight excluding hydrogens is 1010 g/mol. The molecule has 0 aliphatic carbocycles. The number of benzene rings is 7. The fourth-order valence-corrected chi connectivity index (χ4v) is 9.28. The van der Waals surface area contributed by atoms with Crippen molar-refractivity contribution >= 4 is 38.7 Å². The predicted octanol–water partition coefficient (Wildman–Crippen LogP) is 17.6. The van der Waals surface area contributed by atoms with Gasteiger partial charge in [0.25, 0.3) is 0 Å². The molecule has 10 aromatic rings. The van der Waals surface area contributed by atoms with Crippen molar-refractivity contribution in [1.82, 2.24) is 14.5 Å². The van der Waals surface area contributed by atoms with Crippen LogP contribution in [0.4, 0.5) is 5.69 Å². The van der Waals surface area contributed by atoms with Crippen molar-refractivity contribution in [1.29, 1.82) is 0 Å². The fourth-order valence-electron chi connectivity index (χ4n) is 9.28. The number of hydrogen-bond donors (Lipinski definition) is 0. The van der Waals surface area contributed by atoms with Crippen LogP contribution in [0.1, 0.15) is 111 Å². The Labute approximate surface area is 419 Å². The van der Waals surface area contributed by atoms with E-state index in [1.165, 1.54) is 27.8 Å². The Kier molecular flexibility index (Phi) is 12.9. The van der Waals surface area contributed by atoms with Crippen molar-refractivity contribution in [3.63, 3.8) is 0 Å². The Morgan fingerprint density at radius 3 is 1.93 bits per heavy atom. The molecule has 0 atom stereocenters. The third-order valence-corrected chi connectivity index (χ3v) is 12.6. The van der Waals surface area contributed by atoms with Gasteiger partial charge in [0.05, 0.1) is 23.4 Å². The number of imidazole rings is 1. The summed E-state index contributed by atoms with van der Waals surface area (Å²) in [5.41, 5.74) is 17.2. The number of pyridine rings is 1. The third kappa shape index (κ3) is 9.10. The van der Waals surface area contributed by atoms with Gasteiger partial charge in [-0.15, -0.1) is 47.5 Å². The maximum atomic E-state index is 7.79.